The molecule has 1 aliphatic carbocycles. The standard InChI is InChI=1S/C6H11ClO/c7-5-3-1-2-4-6(5)8/h5-6,8H,1-4H2/t5-,6-/m1/s1. The van der Waals surface area contributed by atoms with Gasteiger partial charge in [-0.15, -0.1) is 11.6 Å². The zero-order valence-electron chi connectivity index (χ0n) is 4.81. The van der Waals surface area contributed by atoms with Crippen LogP contribution in [0.2, 0.25) is 0 Å². The van der Waals surface area contributed by atoms with Gasteiger partial charge < -0.3 is 5.11 Å². The lowest BCUT2D eigenvalue weighted by molar-refractivity contribution is 0.134. The van der Waals surface area contributed by atoms with Gasteiger partial charge in [-0.3, -0.25) is 0 Å². The molecule has 0 aromatic carbocycles. The molecule has 0 heterocycles. The van der Waals surface area contributed by atoms with Crippen molar-refractivity contribution in [2.24, 2.45) is 0 Å². The number of aliphatic hydroxyl groups is 1. The van der Waals surface area contributed by atoms with Crippen molar-refractivity contribution >= 4 is 11.6 Å². The lowest BCUT2D eigenvalue weighted by atomic mass is 9.98. The highest BCUT2D eigenvalue weighted by Gasteiger charge is 2.19. The molecule has 2 atom stereocenters. The van der Waals surface area contributed by atoms with Crippen LogP contribution in [0, 0.1) is 0 Å². The molecule has 0 aromatic heterocycles. The largest absolute Gasteiger partial charge is 0.392 e. The van der Waals surface area contributed by atoms with Crippen LogP contribution >= 0.6 is 11.6 Å². The minimum atomic E-state index is -0.231. The zero-order chi connectivity index (χ0) is 5.98. The van der Waals surface area contributed by atoms with Crippen LogP contribution in [0.25, 0.3) is 0 Å². The minimum absolute atomic E-state index is 0.0312. The number of aliphatic hydroxyl groups excluding tert-OH is 1. The predicted octanol–water partition coefficient (Wildman–Crippen LogP) is 1.53. The van der Waals surface area contributed by atoms with Crippen molar-refractivity contribution in [1.29, 1.82) is 0 Å². The maximum Gasteiger partial charge on any atom is 0.0703 e. The average Bonchev–Trinajstić information content (AvgIpc) is 1.77. The van der Waals surface area contributed by atoms with Crippen molar-refractivity contribution in [3.8, 4) is 0 Å². The van der Waals surface area contributed by atoms with Crippen LogP contribution in [0.15, 0.2) is 0 Å². The molecular weight excluding hydrogens is 124 g/mol. The van der Waals surface area contributed by atoms with Gasteiger partial charge in [-0.05, 0) is 12.8 Å². The van der Waals surface area contributed by atoms with Crippen molar-refractivity contribution in [2.75, 3.05) is 0 Å². The molecule has 8 heavy (non-hydrogen) atoms. The summed E-state index contributed by atoms with van der Waals surface area (Å²) in [6.45, 7) is 0. The van der Waals surface area contributed by atoms with Crippen molar-refractivity contribution in [1.82, 2.24) is 0 Å². The van der Waals surface area contributed by atoms with Gasteiger partial charge in [0.05, 0.1) is 11.5 Å². The van der Waals surface area contributed by atoms with E-state index in [4.69, 9.17) is 16.7 Å². The number of rotatable bonds is 0. The van der Waals surface area contributed by atoms with Gasteiger partial charge in [0.15, 0.2) is 0 Å². The van der Waals surface area contributed by atoms with E-state index < -0.39 is 0 Å². The van der Waals surface area contributed by atoms with Crippen LogP contribution in [-0.4, -0.2) is 16.6 Å². The molecule has 48 valence electrons. The molecule has 1 fully saturated rings. The van der Waals surface area contributed by atoms with E-state index in [0.29, 0.717) is 0 Å². The normalized spacial score (nSPS) is 39.8. The Morgan fingerprint density at radius 2 is 1.88 bits per heavy atom. The molecular formula is C6H11ClO. The van der Waals surface area contributed by atoms with E-state index in [2.05, 4.69) is 0 Å². The summed E-state index contributed by atoms with van der Waals surface area (Å²) in [7, 11) is 0. The number of hydrogen-bond donors (Lipinski definition) is 1. The second-order valence-electron chi connectivity index (χ2n) is 2.37. The average molecular weight is 135 g/mol. The van der Waals surface area contributed by atoms with E-state index in [1.54, 1.807) is 0 Å². The van der Waals surface area contributed by atoms with Gasteiger partial charge in [-0.25, -0.2) is 0 Å². The summed E-state index contributed by atoms with van der Waals surface area (Å²) in [4.78, 5) is 0. The molecule has 1 N–H and O–H groups in total. The Balaban J connectivity index is 2.28. The Bertz CT molecular complexity index is 64.9. The number of alkyl halides is 1. The molecule has 0 radical (unpaired) electrons. The summed E-state index contributed by atoms with van der Waals surface area (Å²) in [5, 5.41) is 9.08. The maximum absolute atomic E-state index is 9.05. The van der Waals surface area contributed by atoms with E-state index in [1.807, 2.05) is 0 Å². The van der Waals surface area contributed by atoms with Crippen molar-refractivity contribution in [3.05, 3.63) is 0 Å². The number of halogens is 1. The molecule has 0 bridgehead atoms. The Morgan fingerprint density at radius 3 is 2.25 bits per heavy atom. The van der Waals surface area contributed by atoms with E-state index in [0.717, 1.165) is 19.3 Å². The highest BCUT2D eigenvalue weighted by atomic mass is 35.5. The zero-order valence-corrected chi connectivity index (χ0v) is 5.56. The Labute approximate surface area is 54.7 Å². The third kappa shape index (κ3) is 1.36. The van der Waals surface area contributed by atoms with Crippen LogP contribution in [0.3, 0.4) is 0 Å². The van der Waals surface area contributed by atoms with Crippen LogP contribution in [0.1, 0.15) is 25.7 Å². The third-order valence-electron chi connectivity index (χ3n) is 1.65. The van der Waals surface area contributed by atoms with Gasteiger partial charge in [-0.1, -0.05) is 12.8 Å². The molecule has 0 aromatic rings. The molecule has 1 rings (SSSR count). The Morgan fingerprint density at radius 1 is 1.25 bits per heavy atom. The molecule has 2 heteroatoms. The van der Waals surface area contributed by atoms with Gasteiger partial charge in [0.2, 0.25) is 0 Å². The monoisotopic (exact) mass is 134 g/mol. The second-order valence-corrected chi connectivity index (χ2v) is 2.93. The predicted molar refractivity (Wildman–Crippen MR) is 34.1 cm³/mol. The quantitative estimate of drug-likeness (QED) is 0.499. The highest BCUT2D eigenvalue weighted by Crippen LogP contribution is 2.22. The highest BCUT2D eigenvalue weighted by molar-refractivity contribution is 6.21. The van der Waals surface area contributed by atoms with Crippen molar-refractivity contribution < 1.29 is 5.11 Å². The van der Waals surface area contributed by atoms with Gasteiger partial charge >= 0.3 is 0 Å². The van der Waals surface area contributed by atoms with Crippen molar-refractivity contribution in [3.63, 3.8) is 0 Å². The summed E-state index contributed by atoms with van der Waals surface area (Å²) >= 11 is 5.72. The van der Waals surface area contributed by atoms with E-state index in [1.165, 1.54) is 6.42 Å². The fourth-order valence-corrected chi connectivity index (χ4v) is 1.35. The minimum Gasteiger partial charge on any atom is -0.392 e. The maximum atomic E-state index is 9.05. The molecule has 0 unspecified atom stereocenters. The van der Waals surface area contributed by atoms with Crippen molar-refractivity contribution in [2.45, 2.75) is 37.2 Å². The lowest BCUT2D eigenvalue weighted by Crippen LogP contribution is -2.24. The van der Waals surface area contributed by atoms with E-state index in [-0.39, 0.29) is 11.5 Å². The molecule has 0 saturated heterocycles. The summed E-state index contributed by atoms with van der Waals surface area (Å²) in [5.74, 6) is 0. The number of hydrogen-bond acceptors (Lipinski definition) is 1. The first-order chi connectivity index (χ1) is 3.80. The summed E-state index contributed by atoms with van der Waals surface area (Å²) in [6, 6.07) is 0. The summed E-state index contributed by atoms with van der Waals surface area (Å²) < 4.78 is 0. The van der Waals surface area contributed by atoms with Crippen LogP contribution in [-0.2, 0) is 0 Å². The van der Waals surface area contributed by atoms with Crippen LogP contribution in [0.5, 0.6) is 0 Å². The van der Waals surface area contributed by atoms with Gasteiger partial charge in [0.1, 0.15) is 0 Å². The first-order valence-corrected chi connectivity index (χ1v) is 3.56. The summed E-state index contributed by atoms with van der Waals surface area (Å²) in [6.07, 6.45) is 3.98. The molecule has 0 amide bonds. The summed E-state index contributed by atoms with van der Waals surface area (Å²) in [5.41, 5.74) is 0. The Hall–Kier alpha value is 0.250. The van der Waals surface area contributed by atoms with Gasteiger partial charge in [0.25, 0.3) is 0 Å². The molecule has 1 nitrogen and oxygen atoms in total. The first-order valence-electron chi connectivity index (χ1n) is 3.13. The topological polar surface area (TPSA) is 20.2 Å². The molecule has 1 aliphatic rings. The fourth-order valence-electron chi connectivity index (χ4n) is 1.07. The van der Waals surface area contributed by atoms with E-state index >= 15 is 0 Å². The SMILES string of the molecule is O[C@@H]1CCCC[C@H]1Cl. The lowest BCUT2D eigenvalue weighted by Gasteiger charge is -2.21. The van der Waals surface area contributed by atoms with Crippen LogP contribution in [0.4, 0.5) is 0 Å². The fraction of sp³-hybridized carbons (Fsp3) is 1.00. The van der Waals surface area contributed by atoms with E-state index in [9.17, 15) is 0 Å². The molecule has 1 saturated carbocycles. The van der Waals surface area contributed by atoms with Gasteiger partial charge in [-0.2, -0.15) is 0 Å². The molecule has 0 spiro atoms. The van der Waals surface area contributed by atoms with Crippen LogP contribution < -0.4 is 0 Å². The third-order valence-corrected chi connectivity index (χ3v) is 2.16. The first kappa shape index (κ1) is 6.37. The smallest absolute Gasteiger partial charge is 0.0703 e. The molecule has 0 aliphatic heterocycles. The second kappa shape index (κ2) is 2.70. The Kier molecular flexibility index (Phi) is 2.15. The van der Waals surface area contributed by atoms with Gasteiger partial charge in [0, 0.05) is 0 Å².